The third-order valence-electron chi connectivity index (χ3n) is 2.93. The number of hydrogen-bond acceptors (Lipinski definition) is 6. The summed E-state index contributed by atoms with van der Waals surface area (Å²) in [5, 5.41) is 0. The molecule has 0 aromatic carbocycles. The molecule has 118 valence electrons. The van der Waals surface area contributed by atoms with Gasteiger partial charge in [-0.15, -0.1) is 0 Å². The number of rotatable bonds is 2. The summed E-state index contributed by atoms with van der Waals surface area (Å²) < 4.78 is 9.95. The van der Waals surface area contributed by atoms with Crippen molar-refractivity contribution >= 4 is 17.6 Å². The van der Waals surface area contributed by atoms with Crippen LogP contribution in [0.25, 0.3) is 5.57 Å². The average Bonchev–Trinajstić information content (AvgIpc) is 2.95. The van der Waals surface area contributed by atoms with Crippen molar-refractivity contribution < 1.29 is 19.1 Å². The van der Waals surface area contributed by atoms with Crippen LogP contribution in [0.15, 0.2) is 18.5 Å². The van der Waals surface area contributed by atoms with E-state index in [1.165, 1.54) is 13.3 Å². The maximum Gasteiger partial charge on any atom is 0.410 e. The fourth-order valence-electron chi connectivity index (χ4n) is 1.93. The van der Waals surface area contributed by atoms with E-state index in [2.05, 4.69) is 14.7 Å². The summed E-state index contributed by atoms with van der Waals surface area (Å²) in [6.07, 6.45) is 4.39. The highest BCUT2D eigenvalue weighted by molar-refractivity contribution is 5.87. The molecule has 0 fully saturated rings. The normalized spacial score (nSPS) is 14.5. The van der Waals surface area contributed by atoms with Gasteiger partial charge in [-0.1, -0.05) is 6.08 Å². The van der Waals surface area contributed by atoms with Crippen molar-refractivity contribution in [3.63, 3.8) is 0 Å². The van der Waals surface area contributed by atoms with Gasteiger partial charge in [0, 0.05) is 6.54 Å². The zero-order valence-electron chi connectivity index (χ0n) is 13.1. The van der Waals surface area contributed by atoms with E-state index in [0.29, 0.717) is 18.8 Å². The molecule has 7 nitrogen and oxygen atoms in total. The third-order valence-corrected chi connectivity index (χ3v) is 2.93. The molecular weight excluding hydrogens is 286 g/mol. The minimum atomic E-state index is -0.544. The topological polar surface area (TPSA) is 81.6 Å². The zero-order chi connectivity index (χ0) is 16.3. The summed E-state index contributed by atoms with van der Waals surface area (Å²) in [6, 6.07) is 0. The SMILES string of the molecule is COC(=O)c1cncc(C2=CCN(C(=O)OC(C)(C)C)C2)n1. The molecule has 0 unspecified atom stereocenters. The predicted octanol–water partition coefficient (Wildman–Crippen LogP) is 1.90. The highest BCUT2D eigenvalue weighted by Gasteiger charge is 2.26. The molecule has 2 heterocycles. The van der Waals surface area contributed by atoms with Crippen LogP contribution in [0.5, 0.6) is 0 Å². The van der Waals surface area contributed by atoms with Crippen LogP contribution in [0.2, 0.25) is 0 Å². The Balaban J connectivity index is 2.07. The number of aromatic nitrogens is 2. The number of esters is 1. The van der Waals surface area contributed by atoms with Gasteiger partial charge in [0.1, 0.15) is 5.60 Å². The Morgan fingerprint density at radius 1 is 1.27 bits per heavy atom. The Kier molecular flexibility index (Phi) is 4.44. The Bertz CT molecular complexity index is 619. The molecule has 1 aliphatic heterocycles. The standard InChI is InChI=1S/C15H19N3O4/c1-15(2,3)22-14(20)18-6-5-10(9-18)11-7-16-8-12(17-11)13(19)21-4/h5,7-8H,6,9H2,1-4H3. The number of hydrogen-bond donors (Lipinski definition) is 0. The summed E-state index contributed by atoms with van der Waals surface area (Å²) in [7, 11) is 1.29. The molecule has 0 saturated carbocycles. The van der Waals surface area contributed by atoms with E-state index in [4.69, 9.17) is 4.74 Å². The van der Waals surface area contributed by atoms with Crippen molar-refractivity contribution in [2.75, 3.05) is 20.2 Å². The van der Waals surface area contributed by atoms with Crippen molar-refractivity contribution in [1.82, 2.24) is 14.9 Å². The summed E-state index contributed by atoms with van der Waals surface area (Å²) in [4.78, 5) is 33.3. The fourth-order valence-corrected chi connectivity index (χ4v) is 1.93. The van der Waals surface area contributed by atoms with Gasteiger partial charge in [-0.05, 0) is 26.3 Å². The summed E-state index contributed by atoms with van der Waals surface area (Å²) in [5.74, 6) is -0.544. The minimum Gasteiger partial charge on any atom is -0.464 e. The maximum absolute atomic E-state index is 12.0. The summed E-state index contributed by atoms with van der Waals surface area (Å²) in [6.45, 7) is 6.27. The molecule has 7 heteroatoms. The molecule has 0 saturated heterocycles. The van der Waals surface area contributed by atoms with Gasteiger partial charge >= 0.3 is 12.1 Å². The zero-order valence-corrected chi connectivity index (χ0v) is 13.1. The second-order valence-corrected chi connectivity index (χ2v) is 5.87. The molecule has 0 atom stereocenters. The average molecular weight is 305 g/mol. The van der Waals surface area contributed by atoms with Crippen LogP contribution in [0.3, 0.4) is 0 Å². The number of methoxy groups -OCH3 is 1. The lowest BCUT2D eigenvalue weighted by Gasteiger charge is -2.24. The molecule has 0 bridgehead atoms. The van der Waals surface area contributed by atoms with E-state index in [1.54, 1.807) is 11.1 Å². The maximum atomic E-state index is 12.0. The second-order valence-electron chi connectivity index (χ2n) is 5.87. The summed E-state index contributed by atoms with van der Waals surface area (Å²) >= 11 is 0. The van der Waals surface area contributed by atoms with Crippen LogP contribution < -0.4 is 0 Å². The van der Waals surface area contributed by atoms with Gasteiger partial charge in [-0.2, -0.15) is 0 Å². The van der Waals surface area contributed by atoms with Crippen molar-refractivity contribution in [2.24, 2.45) is 0 Å². The van der Waals surface area contributed by atoms with Crippen LogP contribution in [0.4, 0.5) is 4.79 Å². The van der Waals surface area contributed by atoms with Crippen LogP contribution in [0.1, 0.15) is 37.0 Å². The molecule has 1 aromatic heterocycles. The van der Waals surface area contributed by atoms with Crippen LogP contribution in [-0.2, 0) is 9.47 Å². The van der Waals surface area contributed by atoms with Crippen molar-refractivity contribution in [1.29, 1.82) is 0 Å². The Morgan fingerprint density at radius 2 is 2.00 bits per heavy atom. The van der Waals surface area contributed by atoms with E-state index in [9.17, 15) is 9.59 Å². The first-order valence-corrected chi connectivity index (χ1v) is 6.88. The number of amides is 1. The van der Waals surface area contributed by atoms with Crippen molar-refractivity contribution in [3.8, 4) is 0 Å². The fraction of sp³-hybridized carbons (Fsp3) is 0.467. The first-order chi connectivity index (χ1) is 10.3. The van der Waals surface area contributed by atoms with Crippen molar-refractivity contribution in [3.05, 3.63) is 29.9 Å². The number of nitrogens with zero attached hydrogens (tertiary/aromatic N) is 3. The van der Waals surface area contributed by atoms with Gasteiger partial charge in [0.2, 0.25) is 0 Å². The molecule has 1 aliphatic rings. The molecule has 0 spiro atoms. The Labute approximate surface area is 128 Å². The van der Waals surface area contributed by atoms with E-state index in [0.717, 1.165) is 5.57 Å². The molecule has 0 aliphatic carbocycles. The van der Waals surface area contributed by atoms with E-state index in [1.807, 2.05) is 26.8 Å². The van der Waals surface area contributed by atoms with Crippen molar-refractivity contribution in [2.45, 2.75) is 26.4 Å². The highest BCUT2D eigenvalue weighted by atomic mass is 16.6. The largest absolute Gasteiger partial charge is 0.464 e. The molecule has 1 amide bonds. The van der Waals surface area contributed by atoms with Crippen LogP contribution in [0, 0.1) is 0 Å². The van der Waals surface area contributed by atoms with Gasteiger partial charge < -0.3 is 14.4 Å². The van der Waals surface area contributed by atoms with Gasteiger partial charge in [-0.25, -0.2) is 14.6 Å². The lowest BCUT2D eigenvalue weighted by molar-refractivity contribution is 0.0306. The monoisotopic (exact) mass is 305 g/mol. The number of ether oxygens (including phenoxy) is 2. The molecule has 22 heavy (non-hydrogen) atoms. The van der Waals surface area contributed by atoms with Crippen LogP contribution in [-0.4, -0.2) is 52.7 Å². The quantitative estimate of drug-likeness (QED) is 0.776. The third kappa shape index (κ3) is 3.81. The van der Waals surface area contributed by atoms with Gasteiger partial charge in [0.05, 0.1) is 31.7 Å². The van der Waals surface area contributed by atoms with E-state index >= 15 is 0 Å². The smallest absolute Gasteiger partial charge is 0.410 e. The highest BCUT2D eigenvalue weighted by Crippen LogP contribution is 2.21. The van der Waals surface area contributed by atoms with E-state index < -0.39 is 11.6 Å². The van der Waals surface area contributed by atoms with Gasteiger partial charge in [0.25, 0.3) is 0 Å². The predicted molar refractivity (Wildman–Crippen MR) is 79.2 cm³/mol. The lowest BCUT2D eigenvalue weighted by atomic mass is 10.2. The number of carbonyl (C=O) groups is 2. The molecular formula is C15H19N3O4. The molecule has 0 N–H and O–H groups in total. The van der Waals surface area contributed by atoms with Crippen LogP contribution >= 0.6 is 0 Å². The first kappa shape index (κ1) is 15.9. The molecule has 0 radical (unpaired) electrons. The minimum absolute atomic E-state index is 0.136. The Hall–Kier alpha value is -2.44. The second kappa shape index (κ2) is 6.13. The Morgan fingerprint density at radius 3 is 2.64 bits per heavy atom. The molecule has 2 rings (SSSR count). The lowest BCUT2D eigenvalue weighted by Crippen LogP contribution is -2.35. The molecule has 1 aromatic rings. The summed E-state index contributed by atoms with van der Waals surface area (Å²) in [5.41, 5.74) is 0.972. The van der Waals surface area contributed by atoms with Gasteiger partial charge in [-0.3, -0.25) is 4.98 Å². The number of carbonyl (C=O) groups excluding carboxylic acids is 2. The van der Waals surface area contributed by atoms with E-state index in [-0.39, 0.29) is 11.8 Å². The first-order valence-electron chi connectivity index (χ1n) is 6.88. The van der Waals surface area contributed by atoms with Gasteiger partial charge in [0.15, 0.2) is 5.69 Å².